The van der Waals surface area contributed by atoms with E-state index < -0.39 is 0 Å². The lowest BCUT2D eigenvalue weighted by Crippen LogP contribution is -2.37. The summed E-state index contributed by atoms with van der Waals surface area (Å²) in [5.74, 6) is 2.21. The fourth-order valence-electron chi connectivity index (χ4n) is 3.72. The van der Waals surface area contributed by atoms with Gasteiger partial charge < -0.3 is 20.1 Å². The molecule has 1 aromatic rings. The normalized spacial score (nSPS) is 28.6. The van der Waals surface area contributed by atoms with Crippen molar-refractivity contribution in [2.24, 2.45) is 5.92 Å². The average molecular weight is 320 g/mol. The lowest BCUT2D eigenvalue weighted by atomic mass is 9.93. The molecular weight excluding hydrogens is 292 g/mol. The van der Waals surface area contributed by atoms with Crippen molar-refractivity contribution < 1.29 is 9.84 Å². The van der Waals surface area contributed by atoms with Crippen LogP contribution < -0.4 is 10.2 Å². The van der Waals surface area contributed by atoms with Crippen molar-refractivity contribution in [3.8, 4) is 0 Å². The number of aromatic nitrogens is 2. The summed E-state index contributed by atoms with van der Waals surface area (Å²) in [4.78, 5) is 11.1. The van der Waals surface area contributed by atoms with E-state index in [2.05, 4.69) is 20.2 Å². The van der Waals surface area contributed by atoms with Crippen LogP contribution in [-0.4, -0.2) is 54.0 Å². The Kier molecular flexibility index (Phi) is 5.67. The van der Waals surface area contributed by atoms with Gasteiger partial charge in [-0.15, -0.1) is 0 Å². The minimum absolute atomic E-state index is 0.257. The first-order valence-corrected chi connectivity index (χ1v) is 8.75. The standard InChI is InChI=1S/C17H28N4O2/c1-23-15-6-2-5-14(8-15)20-16-9-17(19-12-18-16)21-7-3-4-13(10-21)11-22/h9,12-15,22H,2-8,10-11H2,1H3,(H,18,19,20). The highest BCUT2D eigenvalue weighted by atomic mass is 16.5. The molecule has 1 saturated heterocycles. The molecule has 3 atom stereocenters. The summed E-state index contributed by atoms with van der Waals surface area (Å²) >= 11 is 0. The van der Waals surface area contributed by atoms with Crippen molar-refractivity contribution in [3.63, 3.8) is 0 Å². The number of aliphatic hydroxyl groups is 1. The zero-order valence-electron chi connectivity index (χ0n) is 13.9. The van der Waals surface area contributed by atoms with E-state index in [0.717, 1.165) is 56.8 Å². The van der Waals surface area contributed by atoms with E-state index in [0.29, 0.717) is 18.1 Å². The molecule has 2 aliphatic rings. The molecule has 23 heavy (non-hydrogen) atoms. The van der Waals surface area contributed by atoms with Gasteiger partial charge in [0, 0.05) is 38.9 Å². The molecule has 6 nitrogen and oxygen atoms in total. The van der Waals surface area contributed by atoms with Crippen LogP contribution in [0.2, 0.25) is 0 Å². The highest BCUT2D eigenvalue weighted by Crippen LogP contribution is 2.26. The molecule has 2 fully saturated rings. The van der Waals surface area contributed by atoms with E-state index in [1.165, 1.54) is 6.42 Å². The van der Waals surface area contributed by atoms with Crippen molar-refractivity contribution >= 4 is 11.6 Å². The van der Waals surface area contributed by atoms with Crippen molar-refractivity contribution in [1.29, 1.82) is 0 Å². The Labute approximate surface area is 138 Å². The van der Waals surface area contributed by atoms with E-state index in [1.807, 2.05) is 6.07 Å². The Morgan fingerprint density at radius 3 is 3.04 bits per heavy atom. The molecule has 3 unspecified atom stereocenters. The maximum atomic E-state index is 9.39. The second-order valence-corrected chi connectivity index (χ2v) is 6.76. The van der Waals surface area contributed by atoms with Gasteiger partial charge >= 0.3 is 0 Å². The van der Waals surface area contributed by atoms with Crippen LogP contribution in [0.3, 0.4) is 0 Å². The third kappa shape index (κ3) is 4.32. The number of hydrogen-bond donors (Lipinski definition) is 2. The summed E-state index contributed by atoms with van der Waals surface area (Å²) in [5, 5.41) is 12.9. The maximum Gasteiger partial charge on any atom is 0.134 e. The van der Waals surface area contributed by atoms with E-state index >= 15 is 0 Å². The molecule has 0 radical (unpaired) electrons. The van der Waals surface area contributed by atoms with Crippen molar-refractivity contribution in [1.82, 2.24) is 9.97 Å². The Balaban J connectivity index is 1.63. The van der Waals surface area contributed by atoms with E-state index in [1.54, 1.807) is 13.4 Å². The number of anilines is 2. The molecule has 128 valence electrons. The molecule has 1 saturated carbocycles. The predicted molar refractivity (Wildman–Crippen MR) is 90.7 cm³/mol. The molecule has 1 aliphatic carbocycles. The summed E-state index contributed by atoms with van der Waals surface area (Å²) < 4.78 is 5.50. The number of rotatable bonds is 5. The lowest BCUT2D eigenvalue weighted by molar-refractivity contribution is 0.0669. The van der Waals surface area contributed by atoms with Crippen LogP contribution in [0.5, 0.6) is 0 Å². The average Bonchev–Trinajstić information content (AvgIpc) is 2.62. The maximum absolute atomic E-state index is 9.39. The number of aliphatic hydroxyl groups excluding tert-OH is 1. The summed E-state index contributed by atoms with van der Waals surface area (Å²) in [6.07, 6.45) is 8.74. The van der Waals surface area contributed by atoms with Gasteiger partial charge in [0.1, 0.15) is 18.0 Å². The third-order valence-electron chi connectivity index (χ3n) is 5.07. The largest absolute Gasteiger partial charge is 0.396 e. The molecule has 6 heteroatoms. The Hall–Kier alpha value is -1.40. The molecule has 0 aromatic carbocycles. The zero-order chi connectivity index (χ0) is 16.1. The number of piperidine rings is 1. The summed E-state index contributed by atoms with van der Waals surface area (Å²) in [6, 6.07) is 2.46. The first kappa shape index (κ1) is 16.5. The van der Waals surface area contributed by atoms with Gasteiger partial charge in [-0.3, -0.25) is 0 Å². The Morgan fingerprint density at radius 1 is 1.30 bits per heavy atom. The summed E-state index contributed by atoms with van der Waals surface area (Å²) in [5.41, 5.74) is 0. The van der Waals surface area contributed by atoms with Crippen LogP contribution in [0.1, 0.15) is 38.5 Å². The molecule has 0 bridgehead atoms. The van der Waals surface area contributed by atoms with E-state index in [4.69, 9.17) is 4.74 Å². The third-order valence-corrected chi connectivity index (χ3v) is 5.07. The molecule has 0 spiro atoms. The van der Waals surface area contributed by atoms with Gasteiger partial charge in [0.25, 0.3) is 0 Å². The van der Waals surface area contributed by atoms with Crippen LogP contribution in [0, 0.1) is 5.92 Å². The van der Waals surface area contributed by atoms with Gasteiger partial charge in [-0.1, -0.05) is 0 Å². The molecule has 2 heterocycles. The second-order valence-electron chi connectivity index (χ2n) is 6.76. The van der Waals surface area contributed by atoms with Gasteiger partial charge in [0.2, 0.25) is 0 Å². The fraction of sp³-hybridized carbons (Fsp3) is 0.765. The number of methoxy groups -OCH3 is 1. The second kappa shape index (κ2) is 7.93. The van der Waals surface area contributed by atoms with Gasteiger partial charge in [0.15, 0.2) is 0 Å². The highest BCUT2D eigenvalue weighted by molar-refractivity contribution is 5.49. The van der Waals surface area contributed by atoms with Crippen LogP contribution in [0.25, 0.3) is 0 Å². The summed E-state index contributed by atoms with van der Waals surface area (Å²) in [7, 11) is 1.80. The van der Waals surface area contributed by atoms with Crippen LogP contribution >= 0.6 is 0 Å². The molecule has 0 amide bonds. The molecule has 1 aliphatic heterocycles. The molecule has 1 aromatic heterocycles. The first-order chi connectivity index (χ1) is 11.3. The van der Waals surface area contributed by atoms with Crippen LogP contribution in [-0.2, 0) is 4.74 Å². The van der Waals surface area contributed by atoms with Gasteiger partial charge in [0.05, 0.1) is 6.10 Å². The molecular formula is C17H28N4O2. The number of nitrogens with zero attached hydrogens (tertiary/aromatic N) is 3. The van der Waals surface area contributed by atoms with E-state index in [-0.39, 0.29) is 6.61 Å². The minimum Gasteiger partial charge on any atom is -0.396 e. The molecule has 2 N–H and O–H groups in total. The molecule has 3 rings (SSSR count). The summed E-state index contributed by atoms with van der Waals surface area (Å²) in [6.45, 7) is 2.14. The smallest absolute Gasteiger partial charge is 0.134 e. The lowest BCUT2D eigenvalue weighted by Gasteiger charge is -2.33. The van der Waals surface area contributed by atoms with Crippen molar-refractivity contribution in [2.75, 3.05) is 37.0 Å². The minimum atomic E-state index is 0.257. The van der Waals surface area contributed by atoms with Crippen molar-refractivity contribution in [3.05, 3.63) is 12.4 Å². The predicted octanol–water partition coefficient (Wildman–Crippen LogP) is 2.05. The quantitative estimate of drug-likeness (QED) is 0.865. The fourth-order valence-corrected chi connectivity index (χ4v) is 3.72. The zero-order valence-corrected chi connectivity index (χ0v) is 13.9. The van der Waals surface area contributed by atoms with E-state index in [9.17, 15) is 5.11 Å². The topological polar surface area (TPSA) is 70.5 Å². The van der Waals surface area contributed by atoms with Crippen LogP contribution in [0.4, 0.5) is 11.6 Å². The van der Waals surface area contributed by atoms with Gasteiger partial charge in [-0.25, -0.2) is 9.97 Å². The van der Waals surface area contributed by atoms with Crippen LogP contribution in [0.15, 0.2) is 12.4 Å². The Morgan fingerprint density at radius 2 is 2.22 bits per heavy atom. The monoisotopic (exact) mass is 320 g/mol. The van der Waals surface area contributed by atoms with Crippen molar-refractivity contribution in [2.45, 2.75) is 50.7 Å². The van der Waals surface area contributed by atoms with Gasteiger partial charge in [-0.05, 0) is 44.4 Å². The highest BCUT2D eigenvalue weighted by Gasteiger charge is 2.23. The number of hydrogen-bond acceptors (Lipinski definition) is 6. The number of nitrogens with one attached hydrogen (secondary N) is 1. The Bertz CT molecular complexity index is 499. The number of ether oxygens (including phenoxy) is 1. The SMILES string of the molecule is COC1CCCC(Nc2cc(N3CCCC(CO)C3)ncn2)C1. The first-order valence-electron chi connectivity index (χ1n) is 8.75. The van der Waals surface area contributed by atoms with Gasteiger partial charge in [-0.2, -0.15) is 0 Å².